The predicted molar refractivity (Wildman–Crippen MR) is 50.5 cm³/mol. The van der Waals surface area contributed by atoms with Crippen molar-refractivity contribution in [3.8, 4) is 0 Å². The highest BCUT2D eigenvalue weighted by atomic mass is 32.2. The number of allylic oxidation sites excluding steroid dienone is 2. The van der Waals surface area contributed by atoms with Crippen LogP contribution in [0.15, 0.2) is 22.8 Å². The standard InChI is InChI=1S/C9H13NS/c1-2-6-10-8-4-3-7-11-9(8)5-1/h1,5,10H,2-4,6-7H2. The fraction of sp³-hybridized carbons (Fsp3) is 0.556. The largest absolute Gasteiger partial charge is 0.387 e. The summed E-state index contributed by atoms with van der Waals surface area (Å²) in [5.74, 6) is 1.30. The van der Waals surface area contributed by atoms with E-state index < -0.39 is 0 Å². The fourth-order valence-corrected chi connectivity index (χ4v) is 2.51. The van der Waals surface area contributed by atoms with E-state index in [-0.39, 0.29) is 0 Å². The van der Waals surface area contributed by atoms with Gasteiger partial charge in [0, 0.05) is 17.1 Å². The molecule has 0 atom stereocenters. The molecule has 1 nitrogen and oxygen atoms in total. The molecule has 0 amide bonds. The molecule has 60 valence electrons. The van der Waals surface area contributed by atoms with E-state index in [1.165, 1.54) is 35.6 Å². The summed E-state index contributed by atoms with van der Waals surface area (Å²) in [5.41, 5.74) is 1.48. The third kappa shape index (κ3) is 1.62. The number of rotatable bonds is 0. The number of nitrogens with one attached hydrogen (secondary N) is 1. The van der Waals surface area contributed by atoms with Crippen LogP contribution in [0.5, 0.6) is 0 Å². The molecule has 0 aromatic heterocycles. The summed E-state index contributed by atoms with van der Waals surface area (Å²) >= 11 is 1.99. The summed E-state index contributed by atoms with van der Waals surface area (Å²) in [4.78, 5) is 1.48. The maximum atomic E-state index is 3.48. The molecule has 0 saturated carbocycles. The molecule has 2 heteroatoms. The van der Waals surface area contributed by atoms with Gasteiger partial charge in [-0.25, -0.2) is 0 Å². The van der Waals surface area contributed by atoms with Gasteiger partial charge in [0.25, 0.3) is 0 Å². The fourth-order valence-electron chi connectivity index (χ4n) is 1.46. The molecule has 0 aromatic carbocycles. The molecule has 0 unspecified atom stereocenters. The van der Waals surface area contributed by atoms with Gasteiger partial charge in [-0.15, -0.1) is 11.8 Å². The first-order chi connectivity index (χ1) is 5.47. The molecule has 0 aromatic rings. The molecule has 0 fully saturated rings. The van der Waals surface area contributed by atoms with Gasteiger partial charge in [0.2, 0.25) is 0 Å². The Morgan fingerprint density at radius 1 is 1.45 bits per heavy atom. The molecule has 2 heterocycles. The summed E-state index contributed by atoms with van der Waals surface area (Å²) in [6, 6.07) is 0. The molecule has 1 N–H and O–H groups in total. The Labute approximate surface area is 71.9 Å². The Kier molecular flexibility index (Phi) is 2.22. The van der Waals surface area contributed by atoms with Gasteiger partial charge in [0.05, 0.1) is 0 Å². The highest BCUT2D eigenvalue weighted by Gasteiger charge is 2.11. The monoisotopic (exact) mass is 167 g/mol. The minimum atomic E-state index is 1.12. The van der Waals surface area contributed by atoms with Crippen LogP contribution in [0, 0.1) is 0 Å². The average molecular weight is 167 g/mol. The van der Waals surface area contributed by atoms with Crippen LogP contribution in [0.2, 0.25) is 0 Å². The molecule has 0 bridgehead atoms. The van der Waals surface area contributed by atoms with Gasteiger partial charge in [-0.1, -0.05) is 12.2 Å². The van der Waals surface area contributed by atoms with Gasteiger partial charge in [0.15, 0.2) is 0 Å². The quantitative estimate of drug-likeness (QED) is 0.594. The number of thioether (sulfide) groups is 1. The zero-order chi connectivity index (χ0) is 7.52. The average Bonchev–Trinajstić information content (AvgIpc) is 2.28. The van der Waals surface area contributed by atoms with E-state index in [4.69, 9.17) is 0 Å². The van der Waals surface area contributed by atoms with Gasteiger partial charge in [0.1, 0.15) is 0 Å². The third-order valence-corrected chi connectivity index (χ3v) is 3.23. The maximum absolute atomic E-state index is 3.48. The molecule has 0 saturated heterocycles. The smallest absolute Gasteiger partial charge is 0.0258 e. The Morgan fingerprint density at radius 2 is 2.45 bits per heavy atom. The van der Waals surface area contributed by atoms with Crippen LogP contribution in [-0.4, -0.2) is 12.3 Å². The lowest BCUT2D eigenvalue weighted by Crippen LogP contribution is -2.16. The summed E-state index contributed by atoms with van der Waals surface area (Å²) < 4.78 is 0. The van der Waals surface area contributed by atoms with E-state index in [1.54, 1.807) is 0 Å². The lowest BCUT2D eigenvalue weighted by atomic mass is 10.2. The van der Waals surface area contributed by atoms with E-state index in [0.29, 0.717) is 0 Å². The topological polar surface area (TPSA) is 12.0 Å². The van der Waals surface area contributed by atoms with Crippen LogP contribution in [-0.2, 0) is 0 Å². The first-order valence-corrected chi connectivity index (χ1v) is 5.22. The van der Waals surface area contributed by atoms with E-state index in [9.17, 15) is 0 Å². The molecule has 2 rings (SSSR count). The van der Waals surface area contributed by atoms with Crippen LogP contribution < -0.4 is 5.32 Å². The Balaban J connectivity index is 2.20. The zero-order valence-electron chi connectivity index (χ0n) is 6.60. The zero-order valence-corrected chi connectivity index (χ0v) is 7.41. The highest BCUT2D eigenvalue weighted by molar-refractivity contribution is 8.03. The Bertz CT molecular complexity index is 206. The third-order valence-electron chi connectivity index (χ3n) is 2.04. The highest BCUT2D eigenvalue weighted by Crippen LogP contribution is 2.30. The lowest BCUT2D eigenvalue weighted by molar-refractivity contribution is 0.738. The second kappa shape index (κ2) is 3.35. The van der Waals surface area contributed by atoms with Crippen LogP contribution in [0.4, 0.5) is 0 Å². The van der Waals surface area contributed by atoms with Crippen molar-refractivity contribution in [2.24, 2.45) is 0 Å². The van der Waals surface area contributed by atoms with Crippen molar-refractivity contribution in [3.63, 3.8) is 0 Å². The minimum Gasteiger partial charge on any atom is -0.387 e. The molecule has 11 heavy (non-hydrogen) atoms. The van der Waals surface area contributed by atoms with Gasteiger partial charge < -0.3 is 5.32 Å². The molecule has 0 aliphatic carbocycles. The Hall–Kier alpha value is -0.370. The van der Waals surface area contributed by atoms with Crippen molar-refractivity contribution >= 4 is 11.8 Å². The van der Waals surface area contributed by atoms with Crippen molar-refractivity contribution in [3.05, 3.63) is 22.8 Å². The van der Waals surface area contributed by atoms with Gasteiger partial charge >= 0.3 is 0 Å². The Morgan fingerprint density at radius 3 is 3.45 bits per heavy atom. The van der Waals surface area contributed by atoms with Crippen molar-refractivity contribution in [1.82, 2.24) is 5.32 Å². The van der Waals surface area contributed by atoms with Crippen molar-refractivity contribution in [2.45, 2.75) is 19.3 Å². The van der Waals surface area contributed by atoms with Gasteiger partial charge in [-0.3, -0.25) is 0 Å². The van der Waals surface area contributed by atoms with E-state index in [2.05, 4.69) is 17.5 Å². The first kappa shape index (κ1) is 7.29. The first-order valence-electron chi connectivity index (χ1n) is 4.23. The van der Waals surface area contributed by atoms with E-state index in [0.717, 1.165) is 6.54 Å². The van der Waals surface area contributed by atoms with Crippen LogP contribution in [0.25, 0.3) is 0 Å². The second-order valence-corrected chi connectivity index (χ2v) is 4.05. The minimum absolute atomic E-state index is 1.12. The van der Waals surface area contributed by atoms with E-state index in [1.807, 2.05) is 11.8 Å². The molecular weight excluding hydrogens is 154 g/mol. The molecule has 0 spiro atoms. The maximum Gasteiger partial charge on any atom is 0.0258 e. The van der Waals surface area contributed by atoms with Crippen LogP contribution >= 0.6 is 11.8 Å². The van der Waals surface area contributed by atoms with Crippen LogP contribution in [0.1, 0.15) is 19.3 Å². The second-order valence-electron chi connectivity index (χ2n) is 2.91. The van der Waals surface area contributed by atoms with E-state index >= 15 is 0 Å². The number of hydrogen-bond donors (Lipinski definition) is 1. The molecule has 0 radical (unpaired) electrons. The van der Waals surface area contributed by atoms with Crippen LogP contribution in [0.3, 0.4) is 0 Å². The summed E-state index contributed by atoms with van der Waals surface area (Å²) in [6.45, 7) is 1.12. The molecule has 2 aliphatic heterocycles. The summed E-state index contributed by atoms with van der Waals surface area (Å²) in [6.07, 6.45) is 8.32. The van der Waals surface area contributed by atoms with Crippen molar-refractivity contribution < 1.29 is 0 Å². The van der Waals surface area contributed by atoms with Gasteiger partial charge in [-0.05, 0) is 25.0 Å². The summed E-state index contributed by atoms with van der Waals surface area (Å²) in [5, 5.41) is 3.48. The number of hydrogen-bond acceptors (Lipinski definition) is 2. The predicted octanol–water partition coefficient (Wildman–Crippen LogP) is 2.27. The van der Waals surface area contributed by atoms with Crippen molar-refractivity contribution in [2.75, 3.05) is 12.3 Å². The normalized spacial score (nSPS) is 24.0. The molecular formula is C9H13NS. The SMILES string of the molecule is C1=CC2=C(CCCS2)NCC1. The van der Waals surface area contributed by atoms with Crippen molar-refractivity contribution in [1.29, 1.82) is 0 Å². The summed E-state index contributed by atoms with van der Waals surface area (Å²) in [7, 11) is 0. The molecule has 2 aliphatic rings. The van der Waals surface area contributed by atoms with Gasteiger partial charge in [-0.2, -0.15) is 0 Å². The lowest BCUT2D eigenvalue weighted by Gasteiger charge is -2.17.